The number of alkyl halides is 3. The van der Waals surface area contributed by atoms with E-state index in [0.717, 1.165) is 0 Å². The summed E-state index contributed by atoms with van der Waals surface area (Å²) in [7, 11) is 0. The monoisotopic (exact) mass is 291 g/mol. The Balaban J connectivity index is 2.39. The first-order valence-corrected chi connectivity index (χ1v) is 6.40. The van der Waals surface area contributed by atoms with Crippen molar-refractivity contribution in [2.24, 2.45) is 5.41 Å². The van der Waals surface area contributed by atoms with E-state index in [1.807, 2.05) is 0 Å². The first kappa shape index (κ1) is 14.9. The quantitative estimate of drug-likeness (QED) is 0.867. The number of carboxylic acid groups (broad SMARTS) is 1. The average molecular weight is 291 g/mol. The summed E-state index contributed by atoms with van der Waals surface area (Å²) in [6.07, 6.45) is -3.62. The molecular formula is C13H16F3NO3. The fourth-order valence-corrected chi connectivity index (χ4v) is 3.05. The molecule has 1 unspecified atom stereocenters. The Kier molecular flexibility index (Phi) is 3.34. The molecule has 1 heterocycles. The summed E-state index contributed by atoms with van der Waals surface area (Å²) in [6, 6.07) is -0.822. The van der Waals surface area contributed by atoms with E-state index in [-0.39, 0.29) is 11.3 Å². The number of halogens is 3. The molecule has 0 aromatic carbocycles. The van der Waals surface area contributed by atoms with Crippen LogP contribution in [0.25, 0.3) is 0 Å². The number of aliphatic carboxylic acids is 1. The van der Waals surface area contributed by atoms with E-state index in [9.17, 15) is 22.8 Å². The Morgan fingerprint density at radius 3 is 2.40 bits per heavy atom. The first-order valence-electron chi connectivity index (χ1n) is 6.40. The highest BCUT2D eigenvalue weighted by Crippen LogP contribution is 2.51. The molecule has 0 radical (unpaired) electrons. The second-order valence-electron chi connectivity index (χ2n) is 5.90. The van der Waals surface area contributed by atoms with Crippen LogP contribution in [0.4, 0.5) is 13.2 Å². The number of rotatable bonds is 3. The molecule has 7 heteroatoms. The summed E-state index contributed by atoms with van der Waals surface area (Å²) < 4.78 is 38.0. The highest BCUT2D eigenvalue weighted by molar-refractivity contribution is 6.02. The van der Waals surface area contributed by atoms with Crippen LogP contribution in [0.2, 0.25) is 0 Å². The van der Waals surface area contributed by atoms with Gasteiger partial charge in [0.1, 0.15) is 6.04 Å². The fourth-order valence-electron chi connectivity index (χ4n) is 3.05. The third-order valence-corrected chi connectivity index (χ3v) is 3.94. The summed E-state index contributed by atoms with van der Waals surface area (Å²) in [5.41, 5.74) is -0.881. The molecule has 0 saturated carbocycles. The maximum absolute atomic E-state index is 12.7. The zero-order chi connectivity index (χ0) is 15.3. The van der Waals surface area contributed by atoms with E-state index in [4.69, 9.17) is 5.11 Å². The van der Waals surface area contributed by atoms with Gasteiger partial charge in [0.15, 0.2) is 0 Å². The van der Waals surface area contributed by atoms with E-state index < -0.39 is 29.4 Å². The van der Waals surface area contributed by atoms with Gasteiger partial charge in [0.25, 0.3) is 5.78 Å². The lowest BCUT2D eigenvalue weighted by atomic mass is 9.67. The van der Waals surface area contributed by atoms with Crippen LogP contribution in [-0.4, -0.2) is 40.5 Å². The van der Waals surface area contributed by atoms with Crippen LogP contribution in [0.3, 0.4) is 0 Å². The van der Waals surface area contributed by atoms with Crippen LogP contribution in [0.5, 0.6) is 0 Å². The largest absolute Gasteiger partial charge is 0.480 e. The summed E-state index contributed by atoms with van der Waals surface area (Å²) in [5.74, 6) is -2.90. The van der Waals surface area contributed by atoms with Crippen LogP contribution in [0.15, 0.2) is 11.3 Å². The Labute approximate surface area is 114 Å². The van der Waals surface area contributed by atoms with Gasteiger partial charge in [-0.05, 0) is 19.3 Å². The van der Waals surface area contributed by atoms with Gasteiger partial charge in [0.05, 0.1) is 0 Å². The number of allylic oxidation sites excluding steroid dienone is 2. The number of ketones is 1. The predicted molar refractivity (Wildman–Crippen MR) is 63.8 cm³/mol. The molecule has 0 amide bonds. The van der Waals surface area contributed by atoms with Gasteiger partial charge in [-0.25, -0.2) is 4.79 Å². The molecule has 1 atom stereocenters. The molecule has 1 N–H and O–H groups in total. The number of carbonyl (C=O) groups excluding carboxylic acids is 1. The lowest BCUT2D eigenvalue weighted by Gasteiger charge is -2.45. The molecule has 0 spiro atoms. The SMILES string of the molecule is CC1(C)CC(N2CCCC2C(=O)O)=C1C(=O)C(F)(F)F. The van der Waals surface area contributed by atoms with Gasteiger partial charge >= 0.3 is 12.1 Å². The smallest absolute Gasteiger partial charge is 0.454 e. The number of carboxylic acids is 1. The van der Waals surface area contributed by atoms with E-state index >= 15 is 0 Å². The average Bonchev–Trinajstić information content (AvgIpc) is 2.73. The van der Waals surface area contributed by atoms with Gasteiger partial charge < -0.3 is 10.0 Å². The molecule has 112 valence electrons. The van der Waals surface area contributed by atoms with Gasteiger partial charge in [-0.3, -0.25) is 4.79 Å². The van der Waals surface area contributed by atoms with E-state index in [2.05, 4.69) is 0 Å². The van der Waals surface area contributed by atoms with Gasteiger partial charge in [-0.15, -0.1) is 0 Å². The van der Waals surface area contributed by atoms with E-state index in [1.165, 1.54) is 4.90 Å². The minimum Gasteiger partial charge on any atom is -0.480 e. The maximum atomic E-state index is 12.7. The zero-order valence-corrected chi connectivity index (χ0v) is 11.3. The summed E-state index contributed by atoms with van der Waals surface area (Å²) in [6.45, 7) is 3.53. The van der Waals surface area contributed by atoms with Crippen molar-refractivity contribution in [2.45, 2.75) is 45.3 Å². The molecular weight excluding hydrogens is 275 g/mol. The lowest BCUT2D eigenvalue weighted by Crippen LogP contribution is -2.47. The van der Waals surface area contributed by atoms with Crippen molar-refractivity contribution in [3.05, 3.63) is 11.3 Å². The topological polar surface area (TPSA) is 57.6 Å². The van der Waals surface area contributed by atoms with Crippen molar-refractivity contribution in [3.63, 3.8) is 0 Å². The van der Waals surface area contributed by atoms with Crippen LogP contribution in [0, 0.1) is 5.41 Å². The van der Waals surface area contributed by atoms with Gasteiger partial charge in [-0.1, -0.05) is 13.8 Å². The normalized spacial score (nSPS) is 25.6. The van der Waals surface area contributed by atoms with Gasteiger partial charge in [0.2, 0.25) is 0 Å². The van der Waals surface area contributed by atoms with Crippen molar-refractivity contribution < 1.29 is 27.9 Å². The highest BCUT2D eigenvalue weighted by Gasteiger charge is 2.53. The third-order valence-electron chi connectivity index (χ3n) is 3.94. The van der Waals surface area contributed by atoms with Crippen molar-refractivity contribution in [2.75, 3.05) is 6.54 Å². The number of hydrogen-bond acceptors (Lipinski definition) is 3. The van der Waals surface area contributed by atoms with Gasteiger partial charge in [0, 0.05) is 23.2 Å². The molecule has 4 nitrogen and oxygen atoms in total. The number of hydrogen-bond donors (Lipinski definition) is 1. The molecule has 2 rings (SSSR count). The van der Waals surface area contributed by atoms with Crippen molar-refractivity contribution in [1.82, 2.24) is 4.90 Å². The second kappa shape index (κ2) is 4.49. The minimum absolute atomic E-state index is 0.252. The molecule has 0 bridgehead atoms. The first-order chi connectivity index (χ1) is 9.05. The Morgan fingerprint density at radius 2 is 1.95 bits per heavy atom. The minimum atomic E-state index is -4.92. The van der Waals surface area contributed by atoms with Crippen molar-refractivity contribution in [3.8, 4) is 0 Å². The van der Waals surface area contributed by atoms with Crippen LogP contribution < -0.4 is 0 Å². The number of carbonyl (C=O) groups is 2. The molecule has 20 heavy (non-hydrogen) atoms. The third kappa shape index (κ3) is 2.29. The van der Waals surface area contributed by atoms with Crippen LogP contribution in [-0.2, 0) is 9.59 Å². The summed E-state index contributed by atoms with van der Waals surface area (Å²) >= 11 is 0. The number of nitrogens with zero attached hydrogens (tertiary/aromatic N) is 1. The second-order valence-corrected chi connectivity index (χ2v) is 5.90. The fraction of sp³-hybridized carbons (Fsp3) is 0.692. The van der Waals surface area contributed by atoms with Crippen LogP contribution in [0.1, 0.15) is 33.1 Å². The Hall–Kier alpha value is -1.53. The van der Waals surface area contributed by atoms with Gasteiger partial charge in [-0.2, -0.15) is 13.2 Å². The zero-order valence-electron chi connectivity index (χ0n) is 11.3. The number of Topliss-reactive ketones (excluding diaryl/α,β-unsaturated/α-hetero) is 1. The van der Waals surface area contributed by atoms with Crippen molar-refractivity contribution in [1.29, 1.82) is 0 Å². The maximum Gasteiger partial charge on any atom is 0.454 e. The highest BCUT2D eigenvalue weighted by atomic mass is 19.4. The van der Waals surface area contributed by atoms with E-state index in [1.54, 1.807) is 13.8 Å². The standard InChI is InChI=1S/C13H16F3NO3/c1-12(2)6-8(9(12)10(18)13(14,15)16)17-5-3-4-7(17)11(19)20/h7H,3-6H2,1-2H3,(H,19,20). The molecule has 2 aliphatic rings. The lowest BCUT2D eigenvalue weighted by molar-refractivity contribution is -0.168. The molecule has 1 fully saturated rings. The molecule has 1 saturated heterocycles. The Bertz CT molecular complexity index is 494. The predicted octanol–water partition coefficient (Wildman–Crippen LogP) is 2.35. The van der Waals surface area contributed by atoms with E-state index in [0.29, 0.717) is 25.8 Å². The summed E-state index contributed by atoms with van der Waals surface area (Å²) in [5, 5.41) is 9.10. The summed E-state index contributed by atoms with van der Waals surface area (Å²) in [4.78, 5) is 24.1. The molecule has 0 aromatic rings. The Morgan fingerprint density at radius 1 is 1.35 bits per heavy atom. The molecule has 0 aromatic heterocycles. The molecule has 1 aliphatic heterocycles. The molecule has 1 aliphatic carbocycles. The number of likely N-dealkylation sites (tertiary alicyclic amines) is 1. The van der Waals surface area contributed by atoms with Crippen molar-refractivity contribution >= 4 is 11.8 Å². The van der Waals surface area contributed by atoms with Crippen LogP contribution >= 0.6 is 0 Å².